The molecule has 1 aromatic carbocycles. The van der Waals surface area contributed by atoms with Crippen LogP contribution in [0.25, 0.3) is 0 Å². The van der Waals surface area contributed by atoms with E-state index in [2.05, 4.69) is 5.16 Å². The first-order valence-corrected chi connectivity index (χ1v) is 5.36. The smallest absolute Gasteiger partial charge is 0.216 e. The maximum absolute atomic E-state index is 12.2. The summed E-state index contributed by atoms with van der Waals surface area (Å²) in [6.45, 7) is 1.65. The second-order valence-electron chi connectivity index (χ2n) is 3.83. The Kier molecular flexibility index (Phi) is 3.21. The highest BCUT2D eigenvalue weighted by Gasteiger charge is 2.20. The lowest BCUT2D eigenvalue weighted by Gasteiger charge is -2.06. The molecule has 0 saturated carbocycles. The molecule has 0 bridgehead atoms. The Balaban J connectivity index is 2.53. The molecule has 0 aliphatic heterocycles. The van der Waals surface area contributed by atoms with E-state index in [1.807, 2.05) is 6.07 Å². The SMILES string of the molecule is COc1cc(C#N)c(C(=O)c2cc(C)on2)cc1O. The minimum absolute atomic E-state index is 0.0501. The lowest BCUT2D eigenvalue weighted by atomic mass is 10.0. The summed E-state index contributed by atoms with van der Waals surface area (Å²) < 4.78 is 9.70. The number of ether oxygens (including phenoxy) is 1. The summed E-state index contributed by atoms with van der Waals surface area (Å²) in [4.78, 5) is 12.2. The Morgan fingerprint density at radius 2 is 2.21 bits per heavy atom. The molecule has 19 heavy (non-hydrogen) atoms. The molecule has 0 spiro atoms. The van der Waals surface area contributed by atoms with Crippen molar-refractivity contribution in [2.45, 2.75) is 6.92 Å². The zero-order chi connectivity index (χ0) is 14.0. The number of ketones is 1. The topological polar surface area (TPSA) is 96.4 Å². The van der Waals surface area contributed by atoms with E-state index in [4.69, 9.17) is 14.5 Å². The predicted molar refractivity (Wildman–Crippen MR) is 64.0 cm³/mol. The number of aryl methyl sites for hydroxylation is 1. The average molecular weight is 258 g/mol. The van der Waals surface area contributed by atoms with E-state index >= 15 is 0 Å². The van der Waals surface area contributed by atoms with Gasteiger partial charge in [0, 0.05) is 17.7 Å². The zero-order valence-electron chi connectivity index (χ0n) is 10.3. The van der Waals surface area contributed by atoms with E-state index in [9.17, 15) is 9.90 Å². The number of rotatable bonds is 3. The van der Waals surface area contributed by atoms with Gasteiger partial charge >= 0.3 is 0 Å². The van der Waals surface area contributed by atoms with Gasteiger partial charge in [-0.3, -0.25) is 4.79 Å². The van der Waals surface area contributed by atoms with Crippen molar-refractivity contribution < 1.29 is 19.2 Å². The molecule has 1 aromatic heterocycles. The molecule has 0 amide bonds. The van der Waals surface area contributed by atoms with Crippen molar-refractivity contribution in [3.8, 4) is 17.6 Å². The lowest BCUT2D eigenvalue weighted by molar-refractivity contribution is 0.103. The molecule has 0 saturated heterocycles. The maximum atomic E-state index is 12.2. The second-order valence-corrected chi connectivity index (χ2v) is 3.83. The fourth-order valence-corrected chi connectivity index (χ4v) is 1.62. The van der Waals surface area contributed by atoms with E-state index < -0.39 is 5.78 Å². The van der Waals surface area contributed by atoms with Crippen LogP contribution < -0.4 is 4.74 Å². The molecule has 1 heterocycles. The van der Waals surface area contributed by atoms with Crippen molar-refractivity contribution in [3.05, 3.63) is 40.8 Å². The van der Waals surface area contributed by atoms with Crippen LogP contribution in [0.3, 0.4) is 0 Å². The minimum Gasteiger partial charge on any atom is -0.504 e. The highest BCUT2D eigenvalue weighted by atomic mass is 16.5. The van der Waals surface area contributed by atoms with Crippen LogP contribution in [0.4, 0.5) is 0 Å². The van der Waals surface area contributed by atoms with Gasteiger partial charge in [0.15, 0.2) is 17.2 Å². The number of hydrogen-bond acceptors (Lipinski definition) is 6. The first-order chi connectivity index (χ1) is 9.06. The van der Waals surface area contributed by atoms with Crippen LogP contribution in [0.2, 0.25) is 0 Å². The minimum atomic E-state index is -0.494. The van der Waals surface area contributed by atoms with Crippen LogP contribution in [0.15, 0.2) is 22.7 Å². The summed E-state index contributed by atoms with van der Waals surface area (Å²) in [5.74, 6) is -0.0968. The highest BCUT2D eigenvalue weighted by Crippen LogP contribution is 2.30. The van der Waals surface area contributed by atoms with Crippen molar-refractivity contribution in [3.63, 3.8) is 0 Å². The molecular formula is C13H10N2O4. The van der Waals surface area contributed by atoms with Crippen LogP contribution in [0.5, 0.6) is 11.5 Å². The Hall–Kier alpha value is -2.81. The largest absolute Gasteiger partial charge is 0.504 e. The van der Waals surface area contributed by atoms with Gasteiger partial charge in [0.1, 0.15) is 11.8 Å². The number of aromatic nitrogens is 1. The number of carbonyl (C=O) groups excluding carboxylic acids is 1. The second kappa shape index (κ2) is 4.82. The molecule has 0 fully saturated rings. The summed E-state index contributed by atoms with van der Waals surface area (Å²) in [6.07, 6.45) is 0. The van der Waals surface area contributed by atoms with Gasteiger partial charge in [0.2, 0.25) is 5.78 Å². The van der Waals surface area contributed by atoms with Crippen LogP contribution in [0.1, 0.15) is 27.4 Å². The third kappa shape index (κ3) is 2.26. The monoisotopic (exact) mass is 258 g/mol. The quantitative estimate of drug-likeness (QED) is 0.843. The lowest BCUT2D eigenvalue weighted by Crippen LogP contribution is -2.05. The number of nitrogens with zero attached hydrogens (tertiary/aromatic N) is 2. The van der Waals surface area contributed by atoms with Gasteiger partial charge in [-0.15, -0.1) is 0 Å². The molecule has 2 rings (SSSR count). The zero-order valence-corrected chi connectivity index (χ0v) is 10.3. The van der Waals surface area contributed by atoms with Gasteiger partial charge in [-0.1, -0.05) is 5.16 Å². The van der Waals surface area contributed by atoms with Gasteiger partial charge in [-0.05, 0) is 13.0 Å². The van der Waals surface area contributed by atoms with Crippen molar-refractivity contribution in [1.82, 2.24) is 5.16 Å². The summed E-state index contributed by atoms with van der Waals surface area (Å²) in [7, 11) is 1.36. The van der Waals surface area contributed by atoms with Gasteiger partial charge in [0.25, 0.3) is 0 Å². The number of aromatic hydroxyl groups is 1. The van der Waals surface area contributed by atoms with Crippen LogP contribution >= 0.6 is 0 Å². The van der Waals surface area contributed by atoms with Crippen LogP contribution in [-0.4, -0.2) is 23.2 Å². The number of hydrogen-bond donors (Lipinski definition) is 1. The third-order valence-corrected chi connectivity index (χ3v) is 2.54. The fourth-order valence-electron chi connectivity index (χ4n) is 1.62. The Labute approximate surface area is 108 Å². The predicted octanol–water partition coefficient (Wildman–Crippen LogP) is 1.80. The number of nitriles is 1. The molecule has 0 unspecified atom stereocenters. The molecular weight excluding hydrogens is 248 g/mol. The van der Waals surface area contributed by atoms with E-state index in [0.29, 0.717) is 5.76 Å². The number of benzene rings is 1. The van der Waals surface area contributed by atoms with Crippen LogP contribution in [0, 0.1) is 18.3 Å². The Morgan fingerprint density at radius 3 is 2.74 bits per heavy atom. The molecule has 0 atom stereocenters. The Bertz CT molecular complexity index is 682. The molecule has 2 aromatic rings. The number of phenolic OH excluding ortho intramolecular Hbond substituents is 1. The third-order valence-electron chi connectivity index (χ3n) is 2.54. The maximum Gasteiger partial charge on any atom is 0.216 e. The van der Waals surface area contributed by atoms with E-state index in [0.717, 1.165) is 0 Å². The number of carbonyl (C=O) groups is 1. The van der Waals surface area contributed by atoms with E-state index in [1.165, 1.54) is 25.3 Å². The van der Waals surface area contributed by atoms with E-state index in [-0.39, 0.29) is 28.3 Å². The van der Waals surface area contributed by atoms with Crippen molar-refractivity contribution in [1.29, 1.82) is 5.26 Å². The van der Waals surface area contributed by atoms with E-state index in [1.54, 1.807) is 6.92 Å². The average Bonchev–Trinajstić information content (AvgIpc) is 2.84. The molecule has 96 valence electrons. The first-order valence-electron chi connectivity index (χ1n) is 5.36. The summed E-state index contributed by atoms with van der Waals surface area (Å²) in [5.41, 5.74) is 0.230. The molecule has 0 aliphatic carbocycles. The van der Waals surface area contributed by atoms with Gasteiger partial charge < -0.3 is 14.4 Å². The molecule has 6 heteroatoms. The molecule has 0 aliphatic rings. The van der Waals surface area contributed by atoms with Gasteiger partial charge in [0.05, 0.1) is 12.7 Å². The number of methoxy groups -OCH3 is 1. The van der Waals surface area contributed by atoms with Crippen molar-refractivity contribution >= 4 is 5.78 Å². The highest BCUT2D eigenvalue weighted by molar-refractivity contribution is 6.09. The van der Waals surface area contributed by atoms with Crippen LogP contribution in [-0.2, 0) is 0 Å². The number of phenols is 1. The Morgan fingerprint density at radius 1 is 1.47 bits per heavy atom. The standard InChI is InChI=1S/C13H10N2O4/c1-7-3-10(15-19-7)13(17)9-5-11(16)12(18-2)4-8(9)6-14/h3-5,16H,1-2H3. The normalized spacial score (nSPS) is 9.95. The first kappa shape index (κ1) is 12.6. The van der Waals surface area contributed by atoms with Gasteiger partial charge in [-0.2, -0.15) is 5.26 Å². The van der Waals surface area contributed by atoms with Gasteiger partial charge in [-0.25, -0.2) is 0 Å². The van der Waals surface area contributed by atoms with Crippen molar-refractivity contribution in [2.75, 3.05) is 7.11 Å². The van der Waals surface area contributed by atoms with Crippen molar-refractivity contribution in [2.24, 2.45) is 0 Å². The summed E-state index contributed by atoms with van der Waals surface area (Å²) >= 11 is 0. The fraction of sp³-hybridized carbons (Fsp3) is 0.154. The summed E-state index contributed by atoms with van der Waals surface area (Å²) in [6, 6.07) is 5.83. The molecule has 0 radical (unpaired) electrons. The molecule has 6 nitrogen and oxygen atoms in total. The summed E-state index contributed by atoms with van der Waals surface area (Å²) in [5, 5.41) is 22.3. The molecule has 1 N–H and O–H groups in total.